The Morgan fingerprint density at radius 3 is 1.65 bits per heavy atom. The van der Waals surface area contributed by atoms with Crippen LogP contribution in [-0.4, -0.2) is 19.4 Å². The predicted molar refractivity (Wildman–Crippen MR) is 77.9 cm³/mol. The summed E-state index contributed by atoms with van der Waals surface area (Å²) in [6.45, 7) is 7.07. The third kappa shape index (κ3) is 17.8. The molecule has 0 saturated heterocycles. The molecule has 0 radical (unpaired) electrons. The van der Waals surface area contributed by atoms with E-state index in [2.05, 4.69) is 20.8 Å². The third-order valence-corrected chi connectivity index (χ3v) is 3.25. The van der Waals surface area contributed by atoms with Crippen molar-refractivity contribution in [2.45, 2.75) is 84.7 Å². The summed E-state index contributed by atoms with van der Waals surface area (Å²) in [6.07, 6.45) is 4.54. The molecule has 0 N–H and O–H groups in total. The molecule has 122 valence electrons. The second kappa shape index (κ2) is 10.5. The van der Waals surface area contributed by atoms with E-state index in [0.717, 1.165) is 19.3 Å². The van der Waals surface area contributed by atoms with Crippen molar-refractivity contribution < 1.29 is 17.9 Å². The highest BCUT2D eigenvalue weighted by molar-refractivity contribution is 4.61. The second-order valence-electron chi connectivity index (χ2n) is 6.76. The summed E-state index contributed by atoms with van der Waals surface area (Å²) in [4.78, 5) is 0. The summed E-state index contributed by atoms with van der Waals surface area (Å²) < 4.78 is 40.5. The molecule has 0 amide bonds. The highest BCUT2D eigenvalue weighted by atomic mass is 19.4. The summed E-state index contributed by atoms with van der Waals surface area (Å²) >= 11 is 0. The van der Waals surface area contributed by atoms with Crippen molar-refractivity contribution in [3.05, 3.63) is 0 Å². The van der Waals surface area contributed by atoms with Gasteiger partial charge in [0.15, 0.2) is 0 Å². The summed E-state index contributed by atoms with van der Waals surface area (Å²) in [5, 5.41) is 0. The molecule has 1 nitrogen and oxygen atoms in total. The van der Waals surface area contributed by atoms with Crippen LogP contribution in [-0.2, 0) is 4.74 Å². The second-order valence-corrected chi connectivity index (χ2v) is 6.76. The Balaban J connectivity index is 3.10. The standard InChI is InChI=1S/C16H31F3O/c1-15(2,3)11-9-7-5-4-6-8-10-13-20-14-12-16(17,18)19/h4-14H2,1-3H3. The highest BCUT2D eigenvalue weighted by Crippen LogP contribution is 2.22. The molecule has 0 aromatic heterocycles. The molecule has 0 saturated carbocycles. The van der Waals surface area contributed by atoms with E-state index in [1.165, 1.54) is 32.1 Å². The molecule has 0 aliphatic heterocycles. The summed E-state index contributed by atoms with van der Waals surface area (Å²) in [5.74, 6) is 0. The quantitative estimate of drug-likeness (QED) is 0.417. The van der Waals surface area contributed by atoms with E-state index >= 15 is 0 Å². The van der Waals surface area contributed by atoms with Gasteiger partial charge in [-0.15, -0.1) is 0 Å². The van der Waals surface area contributed by atoms with Gasteiger partial charge in [-0.3, -0.25) is 0 Å². The first-order valence-electron chi connectivity index (χ1n) is 7.85. The zero-order valence-corrected chi connectivity index (χ0v) is 13.3. The minimum absolute atomic E-state index is 0.198. The van der Waals surface area contributed by atoms with Crippen LogP contribution >= 0.6 is 0 Å². The molecule has 20 heavy (non-hydrogen) atoms. The van der Waals surface area contributed by atoms with Gasteiger partial charge in [0.1, 0.15) is 0 Å². The van der Waals surface area contributed by atoms with Crippen molar-refractivity contribution in [2.24, 2.45) is 5.41 Å². The first kappa shape index (κ1) is 19.8. The molecular formula is C16H31F3O. The minimum atomic E-state index is -4.09. The molecule has 0 unspecified atom stereocenters. The fourth-order valence-electron chi connectivity index (χ4n) is 2.03. The Labute approximate surface area is 122 Å². The molecule has 0 heterocycles. The van der Waals surface area contributed by atoms with E-state index in [0.29, 0.717) is 12.0 Å². The van der Waals surface area contributed by atoms with Crippen LogP contribution in [0.25, 0.3) is 0 Å². The van der Waals surface area contributed by atoms with Crippen LogP contribution in [0, 0.1) is 5.41 Å². The van der Waals surface area contributed by atoms with Crippen molar-refractivity contribution >= 4 is 0 Å². The lowest BCUT2D eigenvalue weighted by atomic mass is 9.89. The number of alkyl halides is 3. The maximum atomic E-state index is 11.8. The van der Waals surface area contributed by atoms with Crippen LogP contribution in [0.3, 0.4) is 0 Å². The smallest absolute Gasteiger partial charge is 0.381 e. The van der Waals surface area contributed by atoms with Gasteiger partial charge in [-0.2, -0.15) is 13.2 Å². The van der Waals surface area contributed by atoms with E-state index in [1.54, 1.807) is 0 Å². The van der Waals surface area contributed by atoms with Crippen LogP contribution in [0.2, 0.25) is 0 Å². The van der Waals surface area contributed by atoms with E-state index in [4.69, 9.17) is 4.74 Å². The largest absolute Gasteiger partial charge is 0.391 e. The van der Waals surface area contributed by atoms with Gasteiger partial charge in [0, 0.05) is 6.61 Å². The topological polar surface area (TPSA) is 9.23 Å². The normalized spacial score (nSPS) is 12.9. The molecule has 0 aliphatic carbocycles. The zero-order valence-electron chi connectivity index (χ0n) is 13.3. The van der Waals surface area contributed by atoms with Gasteiger partial charge in [-0.25, -0.2) is 0 Å². The molecule has 0 aromatic rings. The first-order valence-corrected chi connectivity index (χ1v) is 7.85. The van der Waals surface area contributed by atoms with Gasteiger partial charge in [-0.1, -0.05) is 59.3 Å². The summed E-state index contributed by atoms with van der Waals surface area (Å²) in [7, 11) is 0. The molecule has 0 rings (SSSR count). The molecule has 0 spiro atoms. The minimum Gasteiger partial charge on any atom is -0.381 e. The zero-order chi connectivity index (χ0) is 15.5. The van der Waals surface area contributed by atoms with E-state index in [9.17, 15) is 13.2 Å². The van der Waals surface area contributed by atoms with Crippen LogP contribution < -0.4 is 0 Å². The number of rotatable bonds is 11. The SMILES string of the molecule is CC(C)(C)CCCCCCCCCOCCC(F)(F)F. The Morgan fingerprint density at radius 1 is 0.650 bits per heavy atom. The van der Waals surface area contributed by atoms with Gasteiger partial charge in [0.2, 0.25) is 0 Å². The fourth-order valence-corrected chi connectivity index (χ4v) is 2.03. The maximum absolute atomic E-state index is 11.8. The van der Waals surface area contributed by atoms with Gasteiger partial charge < -0.3 is 4.74 Å². The third-order valence-electron chi connectivity index (χ3n) is 3.25. The van der Waals surface area contributed by atoms with Crippen molar-refractivity contribution in [3.8, 4) is 0 Å². The van der Waals surface area contributed by atoms with Crippen molar-refractivity contribution in [1.82, 2.24) is 0 Å². The Bertz CT molecular complexity index is 195. The molecule has 0 fully saturated rings. The lowest BCUT2D eigenvalue weighted by Gasteiger charge is -2.17. The van der Waals surface area contributed by atoms with E-state index < -0.39 is 12.6 Å². The maximum Gasteiger partial charge on any atom is 0.391 e. The van der Waals surface area contributed by atoms with Gasteiger partial charge in [0.05, 0.1) is 13.0 Å². The number of unbranched alkanes of at least 4 members (excludes halogenated alkanes) is 6. The Kier molecular flexibility index (Phi) is 10.3. The molecular weight excluding hydrogens is 265 g/mol. The Hall–Kier alpha value is -0.250. The van der Waals surface area contributed by atoms with Crippen LogP contribution in [0.5, 0.6) is 0 Å². The molecule has 0 aromatic carbocycles. The molecule has 0 atom stereocenters. The van der Waals surface area contributed by atoms with Crippen LogP contribution in [0.15, 0.2) is 0 Å². The molecule has 4 heteroatoms. The number of halogens is 3. The average molecular weight is 296 g/mol. The van der Waals surface area contributed by atoms with Gasteiger partial charge in [0.25, 0.3) is 0 Å². The first-order chi connectivity index (χ1) is 9.21. The predicted octanol–water partition coefficient (Wildman–Crippen LogP) is 6.12. The number of ether oxygens (including phenoxy) is 1. The van der Waals surface area contributed by atoms with Crippen LogP contribution in [0.4, 0.5) is 13.2 Å². The Morgan fingerprint density at radius 2 is 1.15 bits per heavy atom. The van der Waals surface area contributed by atoms with Gasteiger partial charge >= 0.3 is 6.18 Å². The van der Waals surface area contributed by atoms with Crippen molar-refractivity contribution in [3.63, 3.8) is 0 Å². The number of hydrogen-bond acceptors (Lipinski definition) is 1. The number of hydrogen-bond donors (Lipinski definition) is 0. The van der Waals surface area contributed by atoms with E-state index in [1.807, 2.05) is 0 Å². The summed E-state index contributed by atoms with van der Waals surface area (Å²) in [6, 6.07) is 0. The molecule has 0 aliphatic rings. The fraction of sp³-hybridized carbons (Fsp3) is 1.00. The lowest BCUT2D eigenvalue weighted by Crippen LogP contribution is -2.11. The lowest BCUT2D eigenvalue weighted by molar-refractivity contribution is -0.145. The average Bonchev–Trinajstić information content (AvgIpc) is 2.27. The summed E-state index contributed by atoms with van der Waals surface area (Å²) in [5.41, 5.74) is 0.438. The molecule has 0 bridgehead atoms. The monoisotopic (exact) mass is 296 g/mol. The van der Waals surface area contributed by atoms with Crippen molar-refractivity contribution in [2.75, 3.05) is 13.2 Å². The van der Waals surface area contributed by atoms with Crippen molar-refractivity contribution in [1.29, 1.82) is 0 Å². The van der Waals surface area contributed by atoms with Crippen LogP contribution in [0.1, 0.15) is 78.6 Å². The highest BCUT2D eigenvalue weighted by Gasteiger charge is 2.26. The van der Waals surface area contributed by atoms with E-state index in [-0.39, 0.29) is 6.61 Å². The van der Waals surface area contributed by atoms with Gasteiger partial charge in [-0.05, 0) is 18.3 Å².